The fourth-order valence-electron chi connectivity index (χ4n) is 2.44. The maximum Gasteiger partial charge on any atom is 0.0534 e. The molecule has 2 aromatic rings. The Balaban J connectivity index is 2.09. The van der Waals surface area contributed by atoms with Crippen LogP contribution in [0.5, 0.6) is 0 Å². The summed E-state index contributed by atoms with van der Waals surface area (Å²) in [6.45, 7) is 4.99. The molecule has 1 aromatic heterocycles. The van der Waals surface area contributed by atoms with E-state index in [4.69, 9.17) is 0 Å². The summed E-state index contributed by atoms with van der Waals surface area (Å²) in [5.74, 6) is 0. The van der Waals surface area contributed by atoms with Crippen LogP contribution >= 0.6 is 0 Å². The van der Waals surface area contributed by atoms with Crippen molar-refractivity contribution in [2.45, 2.75) is 19.5 Å². The maximum atomic E-state index is 4.24. The number of nitrogens with zero attached hydrogens (tertiary/aromatic N) is 3. The van der Waals surface area contributed by atoms with Gasteiger partial charge in [0.05, 0.1) is 6.20 Å². The van der Waals surface area contributed by atoms with Gasteiger partial charge in [-0.05, 0) is 19.2 Å². The third-order valence-electron chi connectivity index (χ3n) is 3.49. The van der Waals surface area contributed by atoms with Crippen molar-refractivity contribution < 1.29 is 0 Å². The number of benzene rings is 1. The van der Waals surface area contributed by atoms with Crippen LogP contribution in [-0.4, -0.2) is 34.8 Å². The molecule has 20 heavy (non-hydrogen) atoms. The molecule has 0 amide bonds. The lowest BCUT2D eigenvalue weighted by Gasteiger charge is -2.28. The molecular formula is C16H24N4. The first kappa shape index (κ1) is 14.8. The highest BCUT2D eigenvalue weighted by atomic mass is 15.2. The van der Waals surface area contributed by atoms with Crippen LogP contribution in [0.1, 0.15) is 24.1 Å². The summed E-state index contributed by atoms with van der Waals surface area (Å²) in [5, 5.41) is 7.69. The quantitative estimate of drug-likeness (QED) is 0.839. The molecule has 4 nitrogen and oxygen atoms in total. The van der Waals surface area contributed by atoms with Crippen LogP contribution < -0.4 is 5.32 Å². The normalized spacial score (nSPS) is 12.8. The fourth-order valence-corrected chi connectivity index (χ4v) is 2.44. The van der Waals surface area contributed by atoms with Gasteiger partial charge in [-0.1, -0.05) is 37.3 Å². The van der Waals surface area contributed by atoms with Crippen LogP contribution in [-0.2, 0) is 13.6 Å². The summed E-state index contributed by atoms with van der Waals surface area (Å²) >= 11 is 0. The Bertz CT molecular complexity index is 506. The second kappa shape index (κ2) is 7.22. The topological polar surface area (TPSA) is 33.1 Å². The van der Waals surface area contributed by atoms with E-state index in [1.165, 1.54) is 11.1 Å². The van der Waals surface area contributed by atoms with E-state index < -0.39 is 0 Å². The SMILES string of the molecule is CCNCC(c1ccccc1)N(C)Cc1cnn(C)c1. The first-order valence-corrected chi connectivity index (χ1v) is 7.14. The van der Waals surface area contributed by atoms with Crippen LogP contribution in [0, 0.1) is 0 Å². The molecule has 0 saturated carbocycles. The third-order valence-corrected chi connectivity index (χ3v) is 3.49. The van der Waals surface area contributed by atoms with Gasteiger partial charge in [-0.3, -0.25) is 9.58 Å². The Morgan fingerprint density at radius 2 is 2.05 bits per heavy atom. The van der Waals surface area contributed by atoms with Crippen LogP contribution in [0.3, 0.4) is 0 Å². The van der Waals surface area contributed by atoms with Crippen molar-refractivity contribution in [1.82, 2.24) is 20.0 Å². The van der Waals surface area contributed by atoms with Crippen molar-refractivity contribution in [1.29, 1.82) is 0 Å². The van der Waals surface area contributed by atoms with E-state index in [-0.39, 0.29) is 0 Å². The zero-order valence-electron chi connectivity index (χ0n) is 12.6. The van der Waals surface area contributed by atoms with Crippen molar-refractivity contribution in [3.8, 4) is 0 Å². The van der Waals surface area contributed by atoms with Gasteiger partial charge in [0, 0.05) is 37.9 Å². The Morgan fingerprint density at radius 1 is 1.30 bits per heavy atom. The van der Waals surface area contributed by atoms with Gasteiger partial charge in [-0.2, -0.15) is 5.10 Å². The number of nitrogens with one attached hydrogen (secondary N) is 1. The standard InChI is InChI=1S/C16H24N4/c1-4-17-11-16(15-8-6-5-7-9-15)19(2)12-14-10-18-20(3)13-14/h5-10,13,16-17H,4,11-12H2,1-3H3. The summed E-state index contributed by atoms with van der Waals surface area (Å²) in [4.78, 5) is 2.37. The van der Waals surface area contributed by atoms with Crippen LogP contribution in [0.2, 0.25) is 0 Å². The molecule has 0 aliphatic carbocycles. The molecule has 1 atom stereocenters. The fraction of sp³-hybridized carbons (Fsp3) is 0.438. The monoisotopic (exact) mass is 272 g/mol. The summed E-state index contributed by atoms with van der Waals surface area (Å²) in [6, 6.07) is 11.0. The Labute approximate surface area is 121 Å². The molecule has 0 bridgehead atoms. The van der Waals surface area contributed by atoms with Gasteiger partial charge in [0.2, 0.25) is 0 Å². The van der Waals surface area contributed by atoms with E-state index in [9.17, 15) is 0 Å². The number of aryl methyl sites for hydroxylation is 1. The van der Waals surface area contributed by atoms with Crippen LogP contribution in [0.4, 0.5) is 0 Å². The van der Waals surface area contributed by atoms with E-state index in [0.717, 1.165) is 19.6 Å². The molecular weight excluding hydrogens is 248 g/mol. The van der Waals surface area contributed by atoms with E-state index in [1.54, 1.807) is 0 Å². The number of rotatable bonds is 7. The largest absolute Gasteiger partial charge is 0.315 e. The highest BCUT2D eigenvalue weighted by Crippen LogP contribution is 2.20. The average Bonchev–Trinajstić information content (AvgIpc) is 2.86. The maximum absolute atomic E-state index is 4.24. The first-order chi connectivity index (χ1) is 9.70. The second-order valence-corrected chi connectivity index (χ2v) is 5.17. The van der Waals surface area contributed by atoms with E-state index in [1.807, 2.05) is 17.9 Å². The molecule has 4 heteroatoms. The lowest BCUT2D eigenvalue weighted by molar-refractivity contribution is 0.231. The average molecular weight is 272 g/mol. The molecule has 108 valence electrons. The highest BCUT2D eigenvalue weighted by molar-refractivity contribution is 5.20. The molecule has 0 aliphatic rings. The molecule has 1 N–H and O–H groups in total. The zero-order valence-corrected chi connectivity index (χ0v) is 12.6. The predicted octanol–water partition coefficient (Wildman–Crippen LogP) is 2.20. The van der Waals surface area contributed by atoms with Crippen molar-refractivity contribution in [2.24, 2.45) is 7.05 Å². The summed E-state index contributed by atoms with van der Waals surface area (Å²) in [6.07, 6.45) is 4.01. The lowest BCUT2D eigenvalue weighted by Crippen LogP contribution is -2.33. The minimum absolute atomic E-state index is 0.372. The van der Waals surface area contributed by atoms with Gasteiger partial charge in [0.25, 0.3) is 0 Å². The summed E-state index contributed by atoms with van der Waals surface area (Å²) in [7, 11) is 4.12. The first-order valence-electron chi connectivity index (χ1n) is 7.14. The number of likely N-dealkylation sites (N-methyl/N-ethyl adjacent to an activating group) is 2. The van der Waals surface area contributed by atoms with Crippen molar-refractivity contribution in [2.75, 3.05) is 20.1 Å². The van der Waals surface area contributed by atoms with Gasteiger partial charge in [0.15, 0.2) is 0 Å². The Morgan fingerprint density at radius 3 is 2.65 bits per heavy atom. The second-order valence-electron chi connectivity index (χ2n) is 5.17. The molecule has 0 saturated heterocycles. The third kappa shape index (κ3) is 3.92. The van der Waals surface area contributed by atoms with Gasteiger partial charge in [-0.15, -0.1) is 0 Å². The molecule has 1 heterocycles. The van der Waals surface area contributed by atoms with Gasteiger partial charge >= 0.3 is 0 Å². The molecule has 0 radical (unpaired) electrons. The van der Waals surface area contributed by atoms with Gasteiger partial charge in [0.1, 0.15) is 0 Å². The van der Waals surface area contributed by atoms with Crippen molar-refractivity contribution in [3.63, 3.8) is 0 Å². The Hall–Kier alpha value is -1.65. The Kier molecular flexibility index (Phi) is 5.32. The predicted molar refractivity (Wildman–Crippen MR) is 82.4 cm³/mol. The summed E-state index contributed by atoms with van der Waals surface area (Å²) < 4.78 is 1.85. The molecule has 1 aromatic carbocycles. The summed E-state index contributed by atoms with van der Waals surface area (Å²) in [5.41, 5.74) is 2.59. The van der Waals surface area contributed by atoms with Crippen molar-refractivity contribution >= 4 is 0 Å². The molecule has 0 spiro atoms. The molecule has 1 unspecified atom stereocenters. The smallest absolute Gasteiger partial charge is 0.0534 e. The van der Waals surface area contributed by atoms with Crippen molar-refractivity contribution in [3.05, 3.63) is 53.9 Å². The zero-order chi connectivity index (χ0) is 14.4. The number of hydrogen-bond donors (Lipinski definition) is 1. The van der Waals surface area contributed by atoms with Crippen LogP contribution in [0.25, 0.3) is 0 Å². The van der Waals surface area contributed by atoms with Crippen LogP contribution in [0.15, 0.2) is 42.7 Å². The van der Waals surface area contributed by atoms with Gasteiger partial charge in [-0.25, -0.2) is 0 Å². The highest BCUT2D eigenvalue weighted by Gasteiger charge is 2.17. The van der Waals surface area contributed by atoms with E-state index >= 15 is 0 Å². The number of aromatic nitrogens is 2. The molecule has 2 rings (SSSR count). The minimum Gasteiger partial charge on any atom is -0.315 e. The number of hydrogen-bond acceptors (Lipinski definition) is 3. The lowest BCUT2D eigenvalue weighted by atomic mass is 10.1. The van der Waals surface area contributed by atoms with E-state index in [2.05, 4.69) is 65.8 Å². The van der Waals surface area contributed by atoms with E-state index in [0.29, 0.717) is 6.04 Å². The minimum atomic E-state index is 0.372. The molecule has 0 aliphatic heterocycles. The van der Waals surface area contributed by atoms with Gasteiger partial charge < -0.3 is 5.32 Å². The molecule has 0 fully saturated rings.